The van der Waals surface area contributed by atoms with E-state index in [9.17, 15) is 0 Å². The van der Waals surface area contributed by atoms with E-state index in [1.165, 1.54) is 5.56 Å². The summed E-state index contributed by atoms with van der Waals surface area (Å²) in [5.41, 5.74) is 2.03. The second-order valence-electron chi connectivity index (χ2n) is 6.58. The molecular formula is C20H23N7. The van der Waals surface area contributed by atoms with Crippen LogP contribution in [-0.4, -0.2) is 29.5 Å². The Balaban J connectivity index is 1.74. The van der Waals surface area contributed by atoms with Gasteiger partial charge in [-0.25, -0.2) is 9.97 Å². The molecule has 1 aromatic carbocycles. The molecule has 0 aliphatic rings. The summed E-state index contributed by atoms with van der Waals surface area (Å²) in [7, 11) is 1.91. The SMILES string of the molecule is CCCc1nc(NC(Cn2cccn2)c2ccccc2)c2cnn(C)c2n1. The molecule has 1 atom stereocenters. The van der Waals surface area contributed by atoms with Crippen LogP contribution < -0.4 is 5.32 Å². The summed E-state index contributed by atoms with van der Waals surface area (Å²) >= 11 is 0. The summed E-state index contributed by atoms with van der Waals surface area (Å²) in [6.45, 7) is 2.83. The normalized spacial score (nSPS) is 12.4. The van der Waals surface area contributed by atoms with Crippen molar-refractivity contribution in [3.8, 4) is 0 Å². The maximum atomic E-state index is 4.79. The van der Waals surface area contributed by atoms with Gasteiger partial charge in [-0.1, -0.05) is 37.3 Å². The average molecular weight is 361 g/mol. The number of nitrogens with one attached hydrogen (secondary N) is 1. The highest BCUT2D eigenvalue weighted by Crippen LogP contribution is 2.26. The first-order chi connectivity index (χ1) is 13.2. The Hall–Kier alpha value is -3.22. The molecular weight excluding hydrogens is 338 g/mol. The molecule has 138 valence electrons. The van der Waals surface area contributed by atoms with Gasteiger partial charge in [-0.3, -0.25) is 9.36 Å². The maximum Gasteiger partial charge on any atom is 0.163 e. The molecule has 1 N–H and O–H groups in total. The van der Waals surface area contributed by atoms with Crippen molar-refractivity contribution >= 4 is 16.9 Å². The van der Waals surface area contributed by atoms with E-state index in [1.54, 1.807) is 10.9 Å². The number of benzene rings is 1. The lowest BCUT2D eigenvalue weighted by molar-refractivity contribution is 0.550. The molecule has 0 fully saturated rings. The third-order valence-electron chi connectivity index (χ3n) is 4.55. The Morgan fingerprint density at radius 1 is 1.07 bits per heavy atom. The first-order valence-electron chi connectivity index (χ1n) is 9.22. The van der Waals surface area contributed by atoms with Crippen LogP contribution >= 0.6 is 0 Å². The van der Waals surface area contributed by atoms with Crippen molar-refractivity contribution in [2.75, 3.05) is 5.32 Å². The fraction of sp³-hybridized carbons (Fsp3) is 0.300. The van der Waals surface area contributed by atoms with Crippen molar-refractivity contribution in [2.45, 2.75) is 32.4 Å². The molecule has 0 aliphatic heterocycles. The van der Waals surface area contributed by atoms with E-state index in [-0.39, 0.29) is 6.04 Å². The molecule has 0 bridgehead atoms. The summed E-state index contributed by atoms with van der Waals surface area (Å²) in [4.78, 5) is 9.47. The maximum absolute atomic E-state index is 4.79. The summed E-state index contributed by atoms with van der Waals surface area (Å²) in [6, 6.07) is 12.3. The van der Waals surface area contributed by atoms with Crippen molar-refractivity contribution in [1.82, 2.24) is 29.5 Å². The van der Waals surface area contributed by atoms with E-state index in [2.05, 4.69) is 51.7 Å². The fourth-order valence-corrected chi connectivity index (χ4v) is 3.19. The smallest absolute Gasteiger partial charge is 0.163 e. The molecule has 3 heterocycles. The minimum Gasteiger partial charge on any atom is -0.361 e. The topological polar surface area (TPSA) is 73.5 Å². The third-order valence-corrected chi connectivity index (χ3v) is 4.55. The number of aryl methyl sites for hydroxylation is 2. The van der Waals surface area contributed by atoms with Crippen molar-refractivity contribution in [3.63, 3.8) is 0 Å². The molecule has 3 aromatic heterocycles. The molecule has 7 nitrogen and oxygen atoms in total. The van der Waals surface area contributed by atoms with Gasteiger partial charge in [0, 0.05) is 25.9 Å². The van der Waals surface area contributed by atoms with Gasteiger partial charge in [0.1, 0.15) is 11.6 Å². The van der Waals surface area contributed by atoms with Gasteiger partial charge in [-0.2, -0.15) is 10.2 Å². The molecule has 0 amide bonds. The second-order valence-corrected chi connectivity index (χ2v) is 6.58. The standard InChI is InChI=1S/C20H23N7/c1-3-8-18-24-19(16-13-22-26(2)20(16)25-18)23-17(14-27-12-7-11-21-27)15-9-5-4-6-10-15/h4-7,9-13,17H,3,8,14H2,1-2H3,(H,23,24,25). The Bertz CT molecular complexity index is 1010. The molecule has 4 aromatic rings. The van der Waals surface area contributed by atoms with E-state index in [0.29, 0.717) is 6.54 Å². The predicted molar refractivity (Wildman–Crippen MR) is 105 cm³/mol. The van der Waals surface area contributed by atoms with E-state index in [0.717, 1.165) is 35.5 Å². The van der Waals surface area contributed by atoms with Crippen molar-refractivity contribution < 1.29 is 0 Å². The van der Waals surface area contributed by atoms with Gasteiger partial charge >= 0.3 is 0 Å². The molecule has 7 heteroatoms. The summed E-state index contributed by atoms with van der Waals surface area (Å²) in [5, 5.41) is 13.3. The Labute approximate surface area is 158 Å². The molecule has 0 radical (unpaired) electrons. The minimum absolute atomic E-state index is 0.0267. The van der Waals surface area contributed by atoms with E-state index in [4.69, 9.17) is 4.98 Å². The minimum atomic E-state index is 0.0267. The number of rotatable bonds is 7. The van der Waals surface area contributed by atoms with Crippen LogP contribution in [0.15, 0.2) is 55.0 Å². The lowest BCUT2D eigenvalue weighted by atomic mass is 10.1. The van der Waals surface area contributed by atoms with Gasteiger partial charge in [0.25, 0.3) is 0 Å². The van der Waals surface area contributed by atoms with Gasteiger partial charge in [0.05, 0.1) is 24.2 Å². The van der Waals surface area contributed by atoms with Crippen LogP contribution in [0.4, 0.5) is 5.82 Å². The van der Waals surface area contributed by atoms with Crippen LogP contribution in [-0.2, 0) is 20.0 Å². The number of nitrogens with zero attached hydrogens (tertiary/aromatic N) is 6. The van der Waals surface area contributed by atoms with Crippen LogP contribution in [0.5, 0.6) is 0 Å². The molecule has 0 aliphatic carbocycles. The zero-order valence-electron chi connectivity index (χ0n) is 15.6. The van der Waals surface area contributed by atoms with Crippen LogP contribution in [0.25, 0.3) is 11.0 Å². The highest BCUT2D eigenvalue weighted by Gasteiger charge is 2.17. The Morgan fingerprint density at radius 2 is 1.93 bits per heavy atom. The predicted octanol–water partition coefficient (Wildman–Crippen LogP) is 3.37. The Morgan fingerprint density at radius 3 is 2.67 bits per heavy atom. The highest BCUT2D eigenvalue weighted by atomic mass is 15.3. The first kappa shape index (κ1) is 17.2. The molecule has 0 saturated heterocycles. The first-order valence-corrected chi connectivity index (χ1v) is 9.22. The molecule has 1 unspecified atom stereocenters. The van der Waals surface area contributed by atoms with Gasteiger partial charge in [-0.15, -0.1) is 0 Å². The fourth-order valence-electron chi connectivity index (χ4n) is 3.19. The van der Waals surface area contributed by atoms with E-state index < -0.39 is 0 Å². The molecule has 0 spiro atoms. The summed E-state index contributed by atoms with van der Waals surface area (Å²) < 4.78 is 3.73. The van der Waals surface area contributed by atoms with Crippen LogP contribution in [0.3, 0.4) is 0 Å². The third kappa shape index (κ3) is 3.67. The lowest BCUT2D eigenvalue weighted by Crippen LogP contribution is -2.19. The van der Waals surface area contributed by atoms with Crippen molar-refractivity contribution in [3.05, 3.63) is 66.4 Å². The number of aromatic nitrogens is 6. The highest BCUT2D eigenvalue weighted by molar-refractivity contribution is 5.86. The number of anilines is 1. The number of hydrogen-bond acceptors (Lipinski definition) is 5. The molecule has 27 heavy (non-hydrogen) atoms. The monoisotopic (exact) mass is 361 g/mol. The number of hydrogen-bond donors (Lipinski definition) is 1. The van der Waals surface area contributed by atoms with Crippen LogP contribution in [0, 0.1) is 0 Å². The molecule has 4 rings (SSSR count). The van der Waals surface area contributed by atoms with E-state index in [1.807, 2.05) is 36.3 Å². The van der Waals surface area contributed by atoms with E-state index >= 15 is 0 Å². The molecule has 0 saturated carbocycles. The largest absolute Gasteiger partial charge is 0.361 e. The zero-order chi connectivity index (χ0) is 18.6. The second kappa shape index (κ2) is 7.57. The summed E-state index contributed by atoms with van der Waals surface area (Å²) in [6.07, 6.45) is 7.43. The quantitative estimate of drug-likeness (QED) is 0.546. The van der Waals surface area contributed by atoms with Gasteiger partial charge in [0.15, 0.2) is 5.65 Å². The summed E-state index contributed by atoms with van der Waals surface area (Å²) in [5.74, 6) is 1.65. The van der Waals surface area contributed by atoms with Crippen LogP contribution in [0.2, 0.25) is 0 Å². The lowest BCUT2D eigenvalue weighted by Gasteiger charge is -2.21. The number of fused-ring (bicyclic) bond motifs is 1. The average Bonchev–Trinajstić information content (AvgIpc) is 3.33. The zero-order valence-corrected chi connectivity index (χ0v) is 15.6. The van der Waals surface area contributed by atoms with Crippen molar-refractivity contribution in [1.29, 1.82) is 0 Å². The van der Waals surface area contributed by atoms with Gasteiger partial charge < -0.3 is 5.32 Å². The Kier molecular flexibility index (Phi) is 4.82. The van der Waals surface area contributed by atoms with Crippen LogP contribution in [0.1, 0.15) is 30.8 Å². The van der Waals surface area contributed by atoms with Crippen molar-refractivity contribution in [2.24, 2.45) is 7.05 Å². The van der Waals surface area contributed by atoms with Gasteiger partial charge in [0.2, 0.25) is 0 Å². The van der Waals surface area contributed by atoms with Gasteiger partial charge in [-0.05, 0) is 18.1 Å².